The molecule has 0 spiro atoms. The number of rotatable bonds is 5. The van der Waals surface area contributed by atoms with Gasteiger partial charge in [-0.3, -0.25) is 4.79 Å². The quantitative estimate of drug-likeness (QED) is 0.745. The van der Waals surface area contributed by atoms with Gasteiger partial charge in [-0.2, -0.15) is 0 Å². The van der Waals surface area contributed by atoms with Gasteiger partial charge in [-0.15, -0.1) is 0 Å². The van der Waals surface area contributed by atoms with Crippen LogP contribution in [0.3, 0.4) is 0 Å². The fourth-order valence-electron chi connectivity index (χ4n) is 2.75. The van der Waals surface area contributed by atoms with E-state index in [1.54, 1.807) is 0 Å². The van der Waals surface area contributed by atoms with Gasteiger partial charge in [0.2, 0.25) is 0 Å². The monoisotopic (exact) mass is 260 g/mol. The van der Waals surface area contributed by atoms with E-state index in [2.05, 4.69) is 45.0 Å². The smallest absolute Gasteiger partial charge is 0.308 e. The van der Waals surface area contributed by atoms with Gasteiger partial charge in [0.05, 0.1) is 13.0 Å². The topological polar surface area (TPSA) is 26.3 Å². The largest absolute Gasteiger partial charge is 0.469 e. The summed E-state index contributed by atoms with van der Waals surface area (Å²) in [5, 5.41) is 0. The van der Waals surface area contributed by atoms with Crippen molar-refractivity contribution in [1.29, 1.82) is 0 Å². The Morgan fingerprint density at radius 2 is 1.79 bits per heavy atom. The van der Waals surface area contributed by atoms with E-state index >= 15 is 0 Å². The predicted octanol–water partition coefficient (Wildman–Crippen LogP) is 4.11. The number of carbonyl (C=O) groups excluding carboxylic acids is 1. The molecular formula is C17H24O2. The van der Waals surface area contributed by atoms with E-state index in [-0.39, 0.29) is 11.9 Å². The third-order valence-electron chi connectivity index (χ3n) is 4.25. The van der Waals surface area contributed by atoms with E-state index in [1.807, 2.05) is 0 Å². The fourth-order valence-corrected chi connectivity index (χ4v) is 2.75. The van der Waals surface area contributed by atoms with Gasteiger partial charge in [-0.25, -0.2) is 0 Å². The van der Waals surface area contributed by atoms with Gasteiger partial charge in [0.1, 0.15) is 0 Å². The summed E-state index contributed by atoms with van der Waals surface area (Å²) < 4.78 is 4.79. The molecule has 1 saturated carbocycles. The van der Waals surface area contributed by atoms with Crippen molar-refractivity contribution in [3.63, 3.8) is 0 Å². The van der Waals surface area contributed by atoms with E-state index in [4.69, 9.17) is 4.74 Å². The maximum Gasteiger partial charge on any atom is 0.308 e. The van der Waals surface area contributed by atoms with E-state index in [0.717, 1.165) is 12.8 Å². The number of methoxy groups -OCH3 is 1. The van der Waals surface area contributed by atoms with Gasteiger partial charge in [0.15, 0.2) is 0 Å². The lowest BCUT2D eigenvalue weighted by Crippen LogP contribution is -2.05. The normalized spacial score (nSPS) is 23.2. The molecule has 104 valence electrons. The number of hydrogen-bond acceptors (Lipinski definition) is 2. The minimum Gasteiger partial charge on any atom is -0.469 e. The Labute approximate surface area is 116 Å². The molecule has 2 nitrogen and oxygen atoms in total. The first-order valence-electron chi connectivity index (χ1n) is 7.20. The van der Waals surface area contributed by atoms with Gasteiger partial charge < -0.3 is 4.74 Å². The van der Waals surface area contributed by atoms with Crippen molar-refractivity contribution in [2.24, 2.45) is 11.8 Å². The molecule has 1 aromatic rings. The molecule has 0 N–H and O–H groups in total. The van der Waals surface area contributed by atoms with Crippen LogP contribution in [0.4, 0.5) is 0 Å². The molecule has 0 saturated heterocycles. The van der Waals surface area contributed by atoms with Crippen molar-refractivity contribution in [1.82, 2.24) is 0 Å². The van der Waals surface area contributed by atoms with E-state index < -0.39 is 0 Å². The number of carbonyl (C=O) groups is 1. The maximum absolute atomic E-state index is 11.4. The van der Waals surface area contributed by atoms with Crippen molar-refractivity contribution in [2.45, 2.75) is 45.4 Å². The van der Waals surface area contributed by atoms with Crippen LogP contribution in [0.5, 0.6) is 0 Å². The summed E-state index contributed by atoms with van der Waals surface area (Å²) in [5.74, 6) is 1.74. The molecule has 1 aliphatic carbocycles. The molecule has 1 aliphatic rings. The van der Waals surface area contributed by atoms with Crippen LogP contribution in [0.15, 0.2) is 24.3 Å². The average Bonchev–Trinajstić information content (AvgIpc) is 3.17. The minimum atomic E-state index is -0.0349. The van der Waals surface area contributed by atoms with Gasteiger partial charge in [0.25, 0.3) is 0 Å². The molecule has 0 radical (unpaired) electrons. The summed E-state index contributed by atoms with van der Waals surface area (Å²) in [6.07, 6.45) is 2.09. The summed E-state index contributed by atoms with van der Waals surface area (Å²) in [4.78, 5) is 11.4. The van der Waals surface area contributed by atoms with Crippen LogP contribution >= 0.6 is 0 Å². The molecule has 2 heteroatoms. The number of ether oxygens (including phenoxy) is 1. The SMILES string of the molecule is COC(=O)C1CC1CC(C)c1ccc(C(C)C)cc1. The Balaban J connectivity index is 1.90. The van der Waals surface area contributed by atoms with Crippen molar-refractivity contribution in [3.05, 3.63) is 35.4 Å². The standard InChI is InChI=1S/C17H24O2/c1-11(2)13-5-7-14(8-6-13)12(3)9-15-10-16(15)17(18)19-4/h5-8,11-12,15-16H,9-10H2,1-4H3. The average molecular weight is 260 g/mol. The van der Waals surface area contributed by atoms with Gasteiger partial charge in [-0.05, 0) is 41.7 Å². The van der Waals surface area contributed by atoms with Gasteiger partial charge in [0, 0.05) is 0 Å². The third-order valence-corrected chi connectivity index (χ3v) is 4.25. The summed E-state index contributed by atoms with van der Waals surface area (Å²) in [5.41, 5.74) is 2.76. The Bertz CT molecular complexity index is 433. The molecular weight excluding hydrogens is 236 g/mol. The molecule has 19 heavy (non-hydrogen) atoms. The zero-order chi connectivity index (χ0) is 14.0. The Morgan fingerprint density at radius 1 is 1.21 bits per heavy atom. The first-order valence-corrected chi connectivity index (χ1v) is 7.20. The fraction of sp³-hybridized carbons (Fsp3) is 0.588. The summed E-state index contributed by atoms with van der Waals surface area (Å²) in [6.45, 7) is 6.67. The van der Waals surface area contributed by atoms with Crippen LogP contribution in [0.25, 0.3) is 0 Å². The summed E-state index contributed by atoms with van der Waals surface area (Å²) in [6, 6.07) is 8.91. The lowest BCUT2D eigenvalue weighted by atomic mass is 9.92. The summed E-state index contributed by atoms with van der Waals surface area (Å²) in [7, 11) is 1.48. The molecule has 0 aromatic heterocycles. The molecule has 1 aromatic carbocycles. The second-order valence-electron chi connectivity index (χ2n) is 6.08. The highest BCUT2D eigenvalue weighted by Gasteiger charge is 2.44. The highest BCUT2D eigenvalue weighted by atomic mass is 16.5. The van der Waals surface area contributed by atoms with E-state index in [9.17, 15) is 4.79 Å². The summed E-state index contributed by atoms with van der Waals surface area (Å²) >= 11 is 0. The Kier molecular flexibility index (Phi) is 4.28. The lowest BCUT2D eigenvalue weighted by Gasteiger charge is -2.13. The highest BCUT2D eigenvalue weighted by molar-refractivity contribution is 5.75. The number of esters is 1. The van der Waals surface area contributed by atoms with Crippen LogP contribution in [0.2, 0.25) is 0 Å². The van der Waals surface area contributed by atoms with Gasteiger partial charge >= 0.3 is 5.97 Å². The maximum atomic E-state index is 11.4. The molecule has 1 fully saturated rings. The highest BCUT2D eigenvalue weighted by Crippen LogP contribution is 2.45. The lowest BCUT2D eigenvalue weighted by molar-refractivity contribution is -0.142. The predicted molar refractivity (Wildman–Crippen MR) is 77.2 cm³/mol. The van der Waals surface area contributed by atoms with Crippen LogP contribution in [-0.4, -0.2) is 13.1 Å². The van der Waals surface area contributed by atoms with Crippen molar-refractivity contribution >= 4 is 5.97 Å². The van der Waals surface area contributed by atoms with E-state index in [0.29, 0.717) is 17.8 Å². The van der Waals surface area contributed by atoms with Crippen molar-refractivity contribution in [3.8, 4) is 0 Å². The minimum absolute atomic E-state index is 0.0349. The van der Waals surface area contributed by atoms with Crippen LogP contribution in [0.1, 0.15) is 56.6 Å². The van der Waals surface area contributed by atoms with Crippen LogP contribution < -0.4 is 0 Å². The second kappa shape index (κ2) is 5.77. The number of benzene rings is 1. The van der Waals surface area contributed by atoms with Crippen molar-refractivity contribution in [2.75, 3.05) is 7.11 Å². The second-order valence-corrected chi connectivity index (χ2v) is 6.08. The molecule has 2 rings (SSSR count). The molecule has 0 heterocycles. The molecule has 0 aliphatic heterocycles. The third kappa shape index (κ3) is 3.37. The first-order chi connectivity index (χ1) is 9.02. The molecule has 0 amide bonds. The zero-order valence-electron chi connectivity index (χ0n) is 12.3. The van der Waals surface area contributed by atoms with Gasteiger partial charge in [-0.1, -0.05) is 45.0 Å². The van der Waals surface area contributed by atoms with E-state index in [1.165, 1.54) is 18.2 Å². The number of hydrogen-bond donors (Lipinski definition) is 0. The van der Waals surface area contributed by atoms with Crippen molar-refractivity contribution < 1.29 is 9.53 Å². The zero-order valence-corrected chi connectivity index (χ0v) is 12.3. The molecule has 3 atom stereocenters. The Hall–Kier alpha value is -1.31. The Morgan fingerprint density at radius 3 is 2.32 bits per heavy atom. The van der Waals surface area contributed by atoms with Crippen LogP contribution in [0, 0.1) is 11.8 Å². The molecule has 3 unspecified atom stereocenters. The first kappa shape index (κ1) is 14.1. The van der Waals surface area contributed by atoms with Crippen LogP contribution in [-0.2, 0) is 9.53 Å². The molecule has 0 bridgehead atoms.